The Kier molecular flexibility index (Phi) is 8.14. The van der Waals surface area contributed by atoms with Crippen molar-refractivity contribution in [1.82, 2.24) is 19.9 Å². The molecule has 5 nitrogen and oxygen atoms in total. The molecule has 10 aromatic rings. The second-order valence-corrected chi connectivity index (χ2v) is 14.6. The Labute approximate surface area is 335 Å². The number of pyridine rings is 2. The van der Waals surface area contributed by atoms with Crippen LogP contribution >= 0.6 is 0 Å². The summed E-state index contributed by atoms with van der Waals surface area (Å²) in [7, 11) is 0. The summed E-state index contributed by atoms with van der Waals surface area (Å²) in [5.74, 6) is 0.874. The van der Waals surface area contributed by atoms with Crippen molar-refractivity contribution in [3.05, 3.63) is 206 Å². The van der Waals surface area contributed by atoms with Gasteiger partial charge in [-0.25, -0.2) is 4.98 Å². The highest BCUT2D eigenvalue weighted by atomic mass is 16.3. The molecule has 0 spiro atoms. The fraction of sp³-hybridized carbons (Fsp3) is 0.0189. The number of para-hydroxylation sites is 1. The molecule has 0 aliphatic carbocycles. The van der Waals surface area contributed by atoms with Gasteiger partial charge in [0, 0.05) is 57.7 Å². The summed E-state index contributed by atoms with van der Waals surface area (Å²) in [5.41, 5.74) is 15.9. The first-order valence-electron chi connectivity index (χ1n) is 19.6. The monoisotopic (exact) mass is 744 g/mol. The van der Waals surface area contributed by atoms with E-state index in [0.717, 1.165) is 101 Å². The average Bonchev–Trinajstić information content (AvgIpc) is 3.87. The van der Waals surface area contributed by atoms with Gasteiger partial charge in [0.2, 0.25) is 0 Å². The summed E-state index contributed by atoms with van der Waals surface area (Å²) >= 11 is 0. The quantitative estimate of drug-likeness (QED) is 0.177. The molecule has 1 aliphatic heterocycles. The average molecular weight is 745 g/mol. The number of rotatable bonds is 7. The molecule has 0 amide bonds. The summed E-state index contributed by atoms with van der Waals surface area (Å²) in [4.78, 5) is 9.55. The highest BCUT2D eigenvalue weighted by Gasteiger charge is 2.23. The number of dihydropyridines is 1. The van der Waals surface area contributed by atoms with E-state index >= 15 is 0 Å². The lowest BCUT2D eigenvalue weighted by atomic mass is 9.97. The van der Waals surface area contributed by atoms with E-state index in [1.807, 2.05) is 36.8 Å². The molecule has 0 saturated heterocycles. The third-order valence-electron chi connectivity index (χ3n) is 11.2. The van der Waals surface area contributed by atoms with Crippen molar-refractivity contribution in [2.24, 2.45) is 0 Å². The Morgan fingerprint density at radius 2 is 1.22 bits per heavy atom. The number of benzene rings is 6. The largest absolute Gasteiger partial charge is 0.455 e. The maximum atomic E-state index is 7.02. The number of allylic oxidation sites excluding steroid dienone is 2. The van der Waals surface area contributed by atoms with Crippen LogP contribution in [0.5, 0.6) is 0 Å². The molecule has 58 heavy (non-hydrogen) atoms. The first-order chi connectivity index (χ1) is 28.8. The molecule has 0 fully saturated rings. The summed E-state index contributed by atoms with van der Waals surface area (Å²) in [6, 6.07) is 60.1. The normalized spacial score (nSPS) is 12.6. The van der Waals surface area contributed by atoms with E-state index in [1.54, 1.807) is 0 Å². The lowest BCUT2D eigenvalue weighted by Crippen LogP contribution is -2.08. The maximum absolute atomic E-state index is 7.02. The van der Waals surface area contributed by atoms with E-state index in [0.29, 0.717) is 0 Å². The zero-order valence-corrected chi connectivity index (χ0v) is 31.5. The van der Waals surface area contributed by atoms with E-state index in [4.69, 9.17) is 9.40 Å². The van der Waals surface area contributed by atoms with E-state index < -0.39 is 0 Å². The molecule has 0 unspecified atom stereocenters. The molecule has 274 valence electrons. The third kappa shape index (κ3) is 5.80. The van der Waals surface area contributed by atoms with Gasteiger partial charge in [-0.1, -0.05) is 121 Å². The van der Waals surface area contributed by atoms with Gasteiger partial charge in [0.1, 0.15) is 11.3 Å². The van der Waals surface area contributed by atoms with Crippen LogP contribution in [0.25, 0.3) is 100 Å². The minimum absolute atomic E-state index is 0.835. The summed E-state index contributed by atoms with van der Waals surface area (Å²) in [6.07, 6.45) is 9.99. The zero-order chi connectivity index (χ0) is 38.4. The number of hydrogen-bond acceptors (Lipinski definition) is 4. The van der Waals surface area contributed by atoms with Crippen molar-refractivity contribution >= 4 is 38.3 Å². The highest BCUT2D eigenvalue weighted by Crippen LogP contribution is 2.46. The number of aromatic nitrogens is 3. The van der Waals surface area contributed by atoms with Crippen molar-refractivity contribution in [3.8, 4) is 61.8 Å². The first-order valence-corrected chi connectivity index (χ1v) is 19.6. The fourth-order valence-corrected chi connectivity index (χ4v) is 8.41. The molecule has 0 radical (unpaired) electrons. The topological polar surface area (TPSA) is 55.9 Å². The van der Waals surface area contributed by atoms with E-state index in [9.17, 15) is 0 Å². The van der Waals surface area contributed by atoms with Crippen molar-refractivity contribution in [1.29, 1.82) is 0 Å². The van der Waals surface area contributed by atoms with Gasteiger partial charge in [0.25, 0.3) is 0 Å². The molecule has 0 saturated carbocycles. The van der Waals surface area contributed by atoms with Crippen molar-refractivity contribution in [3.63, 3.8) is 0 Å². The molecule has 0 bridgehead atoms. The van der Waals surface area contributed by atoms with Crippen LogP contribution in [0.1, 0.15) is 5.56 Å². The van der Waals surface area contributed by atoms with Crippen LogP contribution in [0.4, 0.5) is 0 Å². The van der Waals surface area contributed by atoms with Crippen LogP contribution in [0, 0.1) is 0 Å². The lowest BCUT2D eigenvalue weighted by Gasteiger charge is -2.13. The number of fused-ring (bicyclic) bond motifs is 5. The minimum Gasteiger partial charge on any atom is -0.455 e. The second-order valence-electron chi connectivity index (χ2n) is 14.6. The van der Waals surface area contributed by atoms with Gasteiger partial charge in [0.05, 0.1) is 27.8 Å². The van der Waals surface area contributed by atoms with Crippen molar-refractivity contribution in [2.45, 2.75) is 0 Å². The Morgan fingerprint density at radius 1 is 0.517 bits per heavy atom. The van der Waals surface area contributed by atoms with Crippen molar-refractivity contribution < 1.29 is 4.42 Å². The van der Waals surface area contributed by atoms with Gasteiger partial charge in [-0.15, -0.1) is 0 Å². The van der Waals surface area contributed by atoms with Crippen molar-refractivity contribution in [2.75, 3.05) is 6.54 Å². The number of nitrogens with zero attached hydrogens (tertiary/aromatic N) is 3. The summed E-state index contributed by atoms with van der Waals surface area (Å²) < 4.78 is 9.38. The highest BCUT2D eigenvalue weighted by molar-refractivity contribution is 6.22. The molecule has 1 N–H and O–H groups in total. The number of nitrogens with one attached hydrogen (secondary N) is 1. The van der Waals surface area contributed by atoms with Gasteiger partial charge in [-0.2, -0.15) is 0 Å². The maximum Gasteiger partial charge on any atom is 0.145 e. The van der Waals surface area contributed by atoms with Crippen LogP contribution in [-0.4, -0.2) is 21.1 Å². The zero-order valence-electron chi connectivity index (χ0n) is 31.5. The molecule has 5 heteroatoms. The van der Waals surface area contributed by atoms with E-state index in [1.165, 1.54) is 11.1 Å². The Bertz CT molecular complexity index is 3190. The van der Waals surface area contributed by atoms with Crippen LogP contribution in [0.2, 0.25) is 0 Å². The summed E-state index contributed by atoms with van der Waals surface area (Å²) in [5, 5.41) is 6.57. The Hall–Kier alpha value is -7.76. The fourth-order valence-electron chi connectivity index (χ4n) is 8.41. The molecule has 1 aliphatic rings. The van der Waals surface area contributed by atoms with Gasteiger partial charge < -0.3 is 14.3 Å². The molecule has 5 heterocycles. The Balaban J connectivity index is 1.08. The first kappa shape index (κ1) is 33.6. The number of hydrogen-bond donors (Lipinski definition) is 1. The molecule has 11 rings (SSSR count). The van der Waals surface area contributed by atoms with Gasteiger partial charge >= 0.3 is 0 Å². The minimum atomic E-state index is 0.835. The lowest BCUT2D eigenvalue weighted by molar-refractivity contribution is 0.636. The molecular weight excluding hydrogens is 709 g/mol. The van der Waals surface area contributed by atoms with Crippen LogP contribution in [-0.2, 0) is 0 Å². The smallest absolute Gasteiger partial charge is 0.145 e. The predicted molar refractivity (Wildman–Crippen MR) is 238 cm³/mol. The molecule has 4 aromatic heterocycles. The second kappa shape index (κ2) is 14.1. The molecular formula is C53H36N4O. The summed E-state index contributed by atoms with van der Waals surface area (Å²) in [6.45, 7) is 0.835. The van der Waals surface area contributed by atoms with Gasteiger partial charge in [-0.3, -0.25) is 4.98 Å². The predicted octanol–water partition coefficient (Wildman–Crippen LogP) is 13.2. The molecule has 0 atom stereocenters. The number of furan rings is 1. The van der Waals surface area contributed by atoms with Crippen LogP contribution in [0.3, 0.4) is 0 Å². The van der Waals surface area contributed by atoms with E-state index in [2.05, 4.69) is 179 Å². The van der Waals surface area contributed by atoms with Gasteiger partial charge in [0.15, 0.2) is 0 Å². The standard InChI is InChI=1S/C53H36N4O/c1-3-10-39(11-4-1)50-45-22-23-49-51(53(45)58-52(50)40-12-5-2-6-13-40)44-16-7-8-17-48(44)57(49)43-15-9-14-41(32-43)47-34-42(33-46(56-47)38-26-30-55-31-27-38)36-20-18-35(19-21-36)37-24-28-54-29-25-37/h1-28,30-34,54H,29H2. The van der Waals surface area contributed by atoms with Gasteiger partial charge in [-0.05, 0) is 94.7 Å². The van der Waals surface area contributed by atoms with Crippen LogP contribution < -0.4 is 5.32 Å². The Morgan fingerprint density at radius 3 is 2.00 bits per heavy atom. The SMILES string of the molecule is C1=CC(c2ccc(-c3cc(-c4ccncc4)nc(-c4cccc(-n5c6ccccc6c6c7oc(-c8ccccc8)c(-c8ccccc8)c7ccc65)c4)c3)cc2)=CCN1. The molecule has 6 aromatic carbocycles. The van der Waals surface area contributed by atoms with E-state index in [-0.39, 0.29) is 0 Å². The van der Waals surface area contributed by atoms with Crippen LogP contribution in [0.15, 0.2) is 205 Å². The third-order valence-corrected chi connectivity index (χ3v) is 11.2.